The zero-order valence-electron chi connectivity index (χ0n) is 17.7. The van der Waals surface area contributed by atoms with Gasteiger partial charge in [-0.05, 0) is 13.3 Å². The smallest absolute Gasteiger partial charge is 0.385 e. The van der Waals surface area contributed by atoms with Gasteiger partial charge in [-0.1, -0.05) is 47.5 Å². The summed E-state index contributed by atoms with van der Waals surface area (Å²) in [7, 11) is -5.60. The fourth-order valence-corrected chi connectivity index (χ4v) is 2.76. The van der Waals surface area contributed by atoms with Gasteiger partial charge in [0, 0.05) is 24.7 Å². The lowest BCUT2D eigenvalue weighted by Crippen LogP contribution is -2.27. The molecule has 0 aromatic rings. The molecule has 0 aromatic carbocycles. The molecule has 1 fully saturated rings. The molecular formula is C16H39O9P2+. The van der Waals surface area contributed by atoms with Gasteiger partial charge in [0.05, 0.1) is 12.7 Å². The van der Waals surface area contributed by atoms with Crippen molar-refractivity contribution in [2.24, 2.45) is 0 Å². The van der Waals surface area contributed by atoms with Crippen LogP contribution in [-0.2, 0) is 27.7 Å². The van der Waals surface area contributed by atoms with Gasteiger partial charge in [-0.2, -0.15) is 0 Å². The monoisotopic (exact) mass is 437 g/mol. The highest BCUT2D eigenvalue weighted by atomic mass is 31.2. The third-order valence-corrected chi connectivity index (χ3v) is 3.91. The molecule has 27 heavy (non-hydrogen) atoms. The van der Waals surface area contributed by atoms with Gasteiger partial charge in [-0.3, -0.25) is 4.52 Å². The van der Waals surface area contributed by atoms with Crippen molar-refractivity contribution in [3.8, 4) is 0 Å². The number of hydrogen-bond acceptors (Lipinski definition) is 6. The highest BCUT2D eigenvalue weighted by Gasteiger charge is 2.40. The number of ether oxygens (including phenoxy) is 2. The van der Waals surface area contributed by atoms with E-state index in [1.165, 1.54) is 19.3 Å². The summed E-state index contributed by atoms with van der Waals surface area (Å²) in [5.41, 5.74) is 0. The van der Waals surface area contributed by atoms with E-state index in [-0.39, 0.29) is 12.7 Å². The molecule has 1 aliphatic rings. The van der Waals surface area contributed by atoms with Gasteiger partial charge in [-0.15, -0.1) is 9.42 Å². The molecule has 1 heterocycles. The second-order valence-electron chi connectivity index (χ2n) is 5.09. The molecule has 166 valence electrons. The van der Waals surface area contributed by atoms with Gasteiger partial charge in [0.25, 0.3) is 0 Å². The molecule has 9 nitrogen and oxygen atoms in total. The van der Waals surface area contributed by atoms with E-state index in [9.17, 15) is 9.13 Å². The van der Waals surface area contributed by atoms with E-state index in [4.69, 9.17) is 24.2 Å². The first kappa shape index (κ1) is 31.7. The van der Waals surface area contributed by atoms with Gasteiger partial charge in [0.15, 0.2) is 0 Å². The van der Waals surface area contributed by atoms with E-state index in [0.717, 1.165) is 6.61 Å². The van der Waals surface area contributed by atoms with Crippen LogP contribution in [0.25, 0.3) is 0 Å². The first-order valence-electron chi connectivity index (χ1n) is 9.37. The summed E-state index contributed by atoms with van der Waals surface area (Å²) in [5.74, 6) is 0. The number of rotatable bonds is 9. The fraction of sp³-hybridized carbons (Fsp3) is 1.00. The van der Waals surface area contributed by atoms with Gasteiger partial charge < -0.3 is 19.3 Å². The first-order valence-corrected chi connectivity index (χ1v) is 12.0. The number of phosphoric ester groups is 1. The van der Waals surface area contributed by atoms with Crippen molar-refractivity contribution >= 4 is 16.1 Å². The van der Waals surface area contributed by atoms with Crippen LogP contribution in [0.2, 0.25) is 0 Å². The largest absolute Gasteiger partial charge is 0.695 e. The first-order chi connectivity index (χ1) is 12.7. The molecule has 4 atom stereocenters. The number of unbranched alkanes of at least 4 members (excludes halogenated alkanes) is 2. The summed E-state index contributed by atoms with van der Waals surface area (Å²) in [6.45, 7) is 12.4. The molecule has 1 rings (SSSR count). The van der Waals surface area contributed by atoms with Crippen LogP contribution < -0.4 is 0 Å². The van der Waals surface area contributed by atoms with Crippen LogP contribution in [0, 0.1) is 0 Å². The van der Waals surface area contributed by atoms with Crippen molar-refractivity contribution in [1.29, 1.82) is 0 Å². The average Bonchev–Trinajstić information content (AvgIpc) is 2.96. The Morgan fingerprint density at radius 2 is 1.74 bits per heavy atom. The Labute approximate surface area is 164 Å². The van der Waals surface area contributed by atoms with Crippen molar-refractivity contribution in [3.63, 3.8) is 0 Å². The van der Waals surface area contributed by atoms with Crippen LogP contribution in [0.3, 0.4) is 0 Å². The lowest BCUT2D eigenvalue weighted by molar-refractivity contribution is -0.0111. The van der Waals surface area contributed by atoms with Crippen molar-refractivity contribution in [1.82, 2.24) is 0 Å². The second-order valence-corrected chi connectivity index (χ2v) is 7.01. The Morgan fingerprint density at radius 1 is 1.19 bits per heavy atom. The molecule has 1 aliphatic heterocycles. The number of methoxy groups -OCH3 is 1. The van der Waals surface area contributed by atoms with E-state index in [1.807, 2.05) is 27.7 Å². The molecule has 1 saturated heterocycles. The van der Waals surface area contributed by atoms with Crippen molar-refractivity contribution in [3.05, 3.63) is 0 Å². The van der Waals surface area contributed by atoms with E-state index in [1.54, 1.807) is 14.0 Å². The Balaban J connectivity index is -0.000000440. The molecule has 3 N–H and O–H groups in total. The third-order valence-electron chi connectivity index (χ3n) is 2.97. The summed E-state index contributed by atoms with van der Waals surface area (Å²) in [6, 6.07) is 0. The zero-order chi connectivity index (χ0) is 21.9. The number of phosphoric acid groups is 1. The van der Waals surface area contributed by atoms with Crippen molar-refractivity contribution in [2.45, 2.75) is 85.5 Å². The second kappa shape index (κ2) is 20.8. The summed E-state index contributed by atoms with van der Waals surface area (Å²) < 4.78 is 40.0. The molecule has 0 aliphatic carbocycles. The van der Waals surface area contributed by atoms with Crippen LogP contribution in [0.15, 0.2) is 0 Å². The minimum absolute atomic E-state index is 0.217. The molecular weight excluding hydrogens is 398 g/mol. The predicted octanol–water partition coefficient (Wildman–Crippen LogP) is 4.18. The SMILES string of the molecule is CC.CC.CC1CC(O[P+](=O)O)C(COP(=O)(O)O)O1.CCCCCOC. The van der Waals surface area contributed by atoms with Crippen LogP contribution in [0.4, 0.5) is 0 Å². The Bertz CT molecular complexity index is 373. The average molecular weight is 437 g/mol. The Hall–Kier alpha value is 0.0500. The zero-order valence-corrected chi connectivity index (χ0v) is 19.4. The van der Waals surface area contributed by atoms with Crippen LogP contribution in [0.1, 0.15) is 67.2 Å². The van der Waals surface area contributed by atoms with Crippen molar-refractivity contribution < 1.29 is 42.3 Å². The molecule has 11 heteroatoms. The minimum atomic E-state index is -4.57. The molecule has 0 amide bonds. The normalized spacial score (nSPS) is 21.7. The molecule has 0 spiro atoms. The van der Waals surface area contributed by atoms with Crippen molar-refractivity contribution in [2.75, 3.05) is 20.3 Å². The summed E-state index contributed by atoms with van der Waals surface area (Å²) in [6.07, 6.45) is 2.50. The predicted molar refractivity (Wildman–Crippen MR) is 106 cm³/mol. The lowest BCUT2D eigenvalue weighted by Gasteiger charge is -2.14. The molecule has 0 radical (unpaired) electrons. The van der Waals surface area contributed by atoms with Gasteiger partial charge in [0.2, 0.25) is 0 Å². The fourth-order valence-electron chi connectivity index (χ4n) is 1.96. The van der Waals surface area contributed by atoms with Gasteiger partial charge in [-0.25, -0.2) is 4.57 Å². The van der Waals surface area contributed by atoms with E-state index in [2.05, 4.69) is 16.0 Å². The van der Waals surface area contributed by atoms with Gasteiger partial charge >= 0.3 is 16.1 Å². The summed E-state index contributed by atoms with van der Waals surface area (Å²) in [4.78, 5) is 25.6. The van der Waals surface area contributed by atoms with Gasteiger partial charge in [0.1, 0.15) is 12.2 Å². The summed E-state index contributed by atoms with van der Waals surface area (Å²) in [5, 5.41) is 0. The maximum Gasteiger partial charge on any atom is 0.695 e. The summed E-state index contributed by atoms with van der Waals surface area (Å²) >= 11 is 0. The Morgan fingerprint density at radius 3 is 2.15 bits per heavy atom. The molecule has 0 bridgehead atoms. The standard InChI is InChI=1S/C6H12O8P2.C6H14O.2C2H6/c1-4-2-5(14-15(7)8)6(13-4)3-12-16(9,10)11;1-3-4-5-6-7-2;2*1-2/h4-6H,2-3H2,1H3,(H2-,7,8,9,10,11);3-6H2,1-2H3;2*1-2H3/p+1. The van der Waals surface area contributed by atoms with E-state index < -0.39 is 28.3 Å². The minimum Gasteiger partial charge on any atom is -0.385 e. The quantitative estimate of drug-likeness (QED) is 0.359. The lowest BCUT2D eigenvalue weighted by atomic mass is 10.1. The number of hydrogen-bond donors (Lipinski definition) is 3. The maximum atomic E-state index is 10.5. The third kappa shape index (κ3) is 22.2. The molecule has 0 aromatic heterocycles. The van der Waals surface area contributed by atoms with E-state index >= 15 is 0 Å². The van der Waals surface area contributed by atoms with Crippen LogP contribution in [-0.4, -0.2) is 53.3 Å². The van der Waals surface area contributed by atoms with Crippen LogP contribution >= 0.6 is 16.1 Å². The topological polar surface area (TPSA) is 132 Å². The highest BCUT2D eigenvalue weighted by Crippen LogP contribution is 2.38. The van der Waals surface area contributed by atoms with Crippen LogP contribution in [0.5, 0.6) is 0 Å². The highest BCUT2D eigenvalue weighted by molar-refractivity contribution is 7.46. The maximum absolute atomic E-state index is 10.5. The molecule has 4 unspecified atom stereocenters. The van der Waals surface area contributed by atoms with E-state index in [0.29, 0.717) is 6.42 Å². The molecule has 0 saturated carbocycles. The Kier molecular flexibility index (Phi) is 24.4.